The van der Waals surface area contributed by atoms with Crippen molar-refractivity contribution in [1.82, 2.24) is 9.99 Å². The van der Waals surface area contributed by atoms with Gasteiger partial charge in [-0.15, -0.1) is 11.8 Å². The standard InChI is InChI=1S/C23H23Br2N3OS/c1-15-8-10-19(11-9-15)28-16(2)20(23(25)17(28)3)12-26-27-22(29)14-30-13-18-6-4-5-7-21(18)24/h4-12H,13-14H2,1-3H3,(H,27,29)/b26-12-. The van der Waals surface area contributed by atoms with Gasteiger partial charge in [-0.25, -0.2) is 5.43 Å². The number of carbonyl (C=O) groups is 1. The first-order valence-electron chi connectivity index (χ1n) is 9.46. The maximum atomic E-state index is 12.1. The minimum atomic E-state index is -0.119. The van der Waals surface area contributed by atoms with Gasteiger partial charge in [-0.1, -0.05) is 51.8 Å². The molecule has 0 radical (unpaired) electrons. The molecule has 2 aromatic carbocycles. The highest BCUT2D eigenvalue weighted by Crippen LogP contribution is 2.29. The smallest absolute Gasteiger partial charge is 0.250 e. The van der Waals surface area contributed by atoms with Crippen LogP contribution in [-0.2, 0) is 10.5 Å². The van der Waals surface area contributed by atoms with Crippen LogP contribution in [-0.4, -0.2) is 22.4 Å². The summed E-state index contributed by atoms with van der Waals surface area (Å²) in [6.07, 6.45) is 1.70. The van der Waals surface area contributed by atoms with E-state index in [2.05, 4.69) is 91.1 Å². The van der Waals surface area contributed by atoms with E-state index < -0.39 is 0 Å². The summed E-state index contributed by atoms with van der Waals surface area (Å²) in [6, 6.07) is 16.4. The van der Waals surface area contributed by atoms with Crippen molar-refractivity contribution in [3.8, 4) is 5.69 Å². The van der Waals surface area contributed by atoms with E-state index in [1.54, 1.807) is 18.0 Å². The molecule has 156 valence electrons. The number of hydrazone groups is 1. The average molecular weight is 549 g/mol. The Kier molecular flexibility index (Phi) is 7.97. The van der Waals surface area contributed by atoms with Gasteiger partial charge >= 0.3 is 0 Å². The fourth-order valence-corrected chi connectivity index (χ4v) is 5.13. The van der Waals surface area contributed by atoms with Crippen LogP contribution in [0.4, 0.5) is 0 Å². The quantitative estimate of drug-likeness (QED) is 0.278. The third kappa shape index (κ3) is 5.45. The molecule has 3 rings (SSSR count). The molecule has 3 aromatic rings. The lowest BCUT2D eigenvalue weighted by Crippen LogP contribution is -2.19. The zero-order valence-corrected chi connectivity index (χ0v) is 21.1. The van der Waals surface area contributed by atoms with Crippen LogP contribution in [0.5, 0.6) is 0 Å². The molecule has 0 bridgehead atoms. The number of hydrogen-bond donors (Lipinski definition) is 1. The second-order valence-electron chi connectivity index (χ2n) is 6.95. The van der Waals surface area contributed by atoms with E-state index in [9.17, 15) is 4.79 Å². The van der Waals surface area contributed by atoms with Crippen LogP contribution >= 0.6 is 43.6 Å². The molecule has 0 fully saturated rings. The molecule has 0 aliphatic heterocycles. The summed E-state index contributed by atoms with van der Waals surface area (Å²) in [5, 5.41) is 4.18. The molecule has 0 saturated heterocycles. The van der Waals surface area contributed by atoms with Gasteiger partial charge in [0, 0.05) is 37.3 Å². The monoisotopic (exact) mass is 547 g/mol. The number of thioether (sulfide) groups is 1. The first kappa shape index (κ1) is 22.8. The van der Waals surface area contributed by atoms with Crippen molar-refractivity contribution in [2.75, 3.05) is 5.75 Å². The Balaban J connectivity index is 1.62. The summed E-state index contributed by atoms with van der Waals surface area (Å²) < 4.78 is 4.21. The predicted molar refractivity (Wildman–Crippen MR) is 134 cm³/mol. The van der Waals surface area contributed by atoms with Gasteiger partial charge in [0.25, 0.3) is 0 Å². The van der Waals surface area contributed by atoms with Crippen LogP contribution in [0, 0.1) is 20.8 Å². The zero-order valence-electron chi connectivity index (χ0n) is 17.1. The minimum Gasteiger partial charge on any atom is -0.317 e. The van der Waals surface area contributed by atoms with Gasteiger partial charge in [0.1, 0.15) is 0 Å². The second-order valence-corrected chi connectivity index (χ2v) is 9.58. The maximum Gasteiger partial charge on any atom is 0.250 e. The Morgan fingerprint density at radius 3 is 2.47 bits per heavy atom. The SMILES string of the molecule is Cc1ccc(-n2c(C)c(Br)c(/C=N\NC(=O)CSCc3ccccc3Br)c2C)cc1. The molecule has 1 amide bonds. The van der Waals surface area contributed by atoms with E-state index >= 15 is 0 Å². The topological polar surface area (TPSA) is 46.4 Å². The molecule has 0 spiro atoms. The van der Waals surface area contributed by atoms with Gasteiger partial charge in [-0.2, -0.15) is 5.10 Å². The van der Waals surface area contributed by atoms with E-state index in [1.165, 1.54) is 11.1 Å². The van der Waals surface area contributed by atoms with Crippen molar-refractivity contribution in [1.29, 1.82) is 0 Å². The molecule has 4 nitrogen and oxygen atoms in total. The van der Waals surface area contributed by atoms with Gasteiger partial charge < -0.3 is 4.57 Å². The minimum absolute atomic E-state index is 0.119. The number of halogens is 2. The summed E-state index contributed by atoms with van der Waals surface area (Å²) in [6.45, 7) is 6.19. The van der Waals surface area contributed by atoms with Crippen molar-refractivity contribution in [3.63, 3.8) is 0 Å². The van der Waals surface area contributed by atoms with Crippen molar-refractivity contribution in [2.45, 2.75) is 26.5 Å². The Bertz CT molecular complexity index is 1070. The van der Waals surface area contributed by atoms with Crippen LogP contribution in [0.3, 0.4) is 0 Å². The number of hydrogen-bond acceptors (Lipinski definition) is 3. The molecule has 30 heavy (non-hydrogen) atoms. The first-order chi connectivity index (χ1) is 14.4. The van der Waals surface area contributed by atoms with E-state index in [4.69, 9.17) is 0 Å². The van der Waals surface area contributed by atoms with Gasteiger partial charge in [0.15, 0.2) is 0 Å². The highest BCUT2D eigenvalue weighted by Gasteiger charge is 2.15. The lowest BCUT2D eigenvalue weighted by atomic mass is 10.2. The average Bonchev–Trinajstić information content (AvgIpc) is 2.93. The number of aromatic nitrogens is 1. The molecule has 0 aliphatic carbocycles. The number of carbonyl (C=O) groups excluding carboxylic acids is 1. The fraction of sp³-hybridized carbons (Fsp3) is 0.217. The molecule has 1 N–H and O–H groups in total. The summed E-state index contributed by atoms with van der Waals surface area (Å²) in [5.74, 6) is 0.996. The second kappa shape index (κ2) is 10.5. The van der Waals surface area contributed by atoms with Crippen LogP contribution in [0.1, 0.15) is 28.1 Å². The van der Waals surface area contributed by atoms with Crippen molar-refractivity contribution in [2.24, 2.45) is 5.10 Å². The Morgan fingerprint density at radius 1 is 1.07 bits per heavy atom. The number of nitrogens with one attached hydrogen (secondary N) is 1. The van der Waals surface area contributed by atoms with Crippen LogP contribution in [0.25, 0.3) is 5.69 Å². The predicted octanol–water partition coefficient (Wildman–Crippen LogP) is 6.31. The van der Waals surface area contributed by atoms with Gasteiger partial charge in [-0.3, -0.25) is 4.79 Å². The number of aryl methyl sites for hydroxylation is 1. The highest BCUT2D eigenvalue weighted by atomic mass is 79.9. The molecule has 0 unspecified atom stereocenters. The van der Waals surface area contributed by atoms with Crippen LogP contribution in [0.2, 0.25) is 0 Å². The molecule has 0 saturated carbocycles. The normalized spacial score (nSPS) is 11.2. The summed E-state index contributed by atoms with van der Waals surface area (Å²) in [5.41, 5.74) is 9.23. The van der Waals surface area contributed by atoms with Crippen LogP contribution in [0.15, 0.2) is 62.6 Å². The number of nitrogens with zero attached hydrogens (tertiary/aromatic N) is 2. The third-order valence-corrected chi connectivity index (χ3v) is 7.49. The van der Waals surface area contributed by atoms with E-state index in [-0.39, 0.29) is 5.91 Å². The van der Waals surface area contributed by atoms with Crippen LogP contribution < -0.4 is 5.43 Å². The number of amides is 1. The molecular formula is C23H23Br2N3OS. The molecule has 1 aromatic heterocycles. The van der Waals surface area contributed by atoms with Gasteiger partial charge in [-0.05, 0) is 60.5 Å². The van der Waals surface area contributed by atoms with Crippen molar-refractivity contribution in [3.05, 3.63) is 85.6 Å². The fourth-order valence-electron chi connectivity index (χ4n) is 3.13. The molecule has 7 heteroatoms. The van der Waals surface area contributed by atoms with E-state index in [0.29, 0.717) is 5.75 Å². The van der Waals surface area contributed by atoms with Crippen molar-refractivity contribution < 1.29 is 4.79 Å². The highest BCUT2D eigenvalue weighted by molar-refractivity contribution is 9.10. The Hall–Kier alpha value is -1.83. The Labute approximate surface area is 198 Å². The summed E-state index contributed by atoms with van der Waals surface area (Å²) in [4.78, 5) is 12.1. The largest absolute Gasteiger partial charge is 0.317 e. The number of benzene rings is 2. The van der Waals surface area contributed by atoms with E-state index in [0.717, 1.165) is 37.3 Å². The van der Waals surface area contributed by atoms with Gasteiger partial charge in [0.2, 0.25) is 5.91 Å². The maximum absolute atomic E-state index is 12.1. The third-order valence-electron chi connectivity index (χ3n) is 4.74. The first-order valence-corrected chi connectivity index (χ1v) is 12.2. The summed E-state index contributed by atoms with van der Waals surface area (Å²) >= 11 is 8.76. The molecule has 0 aliphatic rings. The van der Waals surface area contributed by atoms with Crippen molar-refractivity contribution >= 4 is 55.7 Å². The summed E-state index contributed by atoms with van der Waals surface area (Å²) in [7, 11) is 0. The molecule has 1 heterocycles. The van der Waals surface area contributed by atoms with E-state index in [1.807, 2.05) is 25.1 Å². The Morgan fingerprint density at radius 2 is 1.77 bits per heavy atom. The lowest BCUT2D eigenvalue weighted by Gasteiger charge is -2.09. The van der Waals surface area contributed by atoms with Gasteiger partial charge in [0.05, 0.1) is 12.0 Å². The lowest BCUT2D eigenvalue weighted by molar-refractivity contribution is -0.118. The number of rotatable bonds is 7. The zero-order chi connectivity index (χ0) is 21.7. The molecular weight excluding hydrogens is 526 g/mol. The molecule has 0 atom stereocenters.